The van der Waals surface area contributed by atoms with E-state index in [4.69, 9.17) is 4.74 Å². The lowest BCUT2D eigenvalue weighted by molar-refractivity contribution is 0.0594. The third kappa shape index (κ3) is 3.81. The molecule has 1 aromatic rings. The highest BCUT2D eigenvalue weighted by Crippen LogP contribution is 2.10. The fourth-order valence-electron chi connectivity index (χ4n) is 2.46. The summed E-state index contributed by atoms with van der Waals surface area (Å²) in [7, 11) is 1.72. The monoisotopic (exact) mass is 276 g/mol. The molecule has 1 saturated heterocycles. The maximum Gasteiger partial charge on any atom is 0.253 e. The normalized spacial score (nSPS) is 16.4. The number of rotatable bonds is 5. The number of aryl methyl sites for hydroxylation is 1. The Kier molecular flexibility index (Phi) is 5.56. The Balaban J connectivity index is 1.87. The third-order valence-electron chi connectivity index (χ3n) is 3.88. The summed E-state index contributed by atoms with van der Waals surface area (Å²) in [5, 5.41) is 0. The Hall–Kier alpha value is -1.39. The fourth-order valence-corrected chi connectivity index (χ4v) is 2.46. The number of benzene rings is 1. The Morgan fingerprint density at radius 3 is 2.35 bits per heavy atom. The van der Waals surface area contributed by atoms with E-state index in [0.29, 0.717) is 0 Å². The second kappa shape index (κ2) is 7.41. The number of hydrogen-bond donors (Lipinski definition) is 0. The molecule has 110 valence electrons. The minimum absolute atomic E-state index is 0.152. The van der Waals surface area contributed by atoms with Gasteiger partial charge in [-0.3, -0.25) is 9.69 Å². The smallest absolute Gasteiger partial charge is 0.253 e. The molecule has 0 saturated carbocycles. The summed E-state index contributed by atoms with van der Waals surface area (Å²) in [5.74, 6) is 0.152. The molecule has 1 aromatic carbocycles. The Labute approximate surface area is 121 Å². The summed E-state index contributed by atoms with van der Waals surface area (Å²) in [4.78, 5) is 16.7. The zero-order valence-corrected chi connectivity index (χ0v) is 12.5. The number of carbonyl (C=O) groups is 1. The molecule has 0 unspecified atom stereocenters. The summed E-state index contributed by atoms with van der Waals surface area (Å²) >= 11 is 0. The van der Waals surface area contributed by atoms with Crippen LogP contribution in [-0.2, 0) is 11.2 Å². The van der Waals surface area contributed by atoms with Crippen molar-refractivity contribution < 1.29 is 9.53 Å². The highest BCUT2D eigenvalue weighted by Gasteiger charge is 2.21. The van der Waals surface area contributed by atoms with Crippen LogP contribution in [0.5, 0.6) is 0 Å². The number of hydrogen-bond acceptors (Lipinski definition) is 3. The summed E-state index contributed by atoms with van der Waals surface area (Å²) in [6.07, 6.45) is 1.01. The van der Waals surface area contributed by atoms with Crippen LogP contribution >= 0.6 is 0 Å². The molecule has 0 radical (unpaired) electrons. The highest BCUT2D eigenvalue weighted by atomic mass is 16.5. The lowest BCUT2D eigenvalue weighted by Crippen LogP contribution is -2.49. The van der Waals surface area contributed by atoms with Crippen molar-refractivity contribution in [3.63, 3.8) is 0 Å². The molecule has 20 heavy (non-hydrogen) atoms. The molecule has 4 nitrogen and oxygen atoms in total. The maximum atomic E-state index is 12.4. The topological polar surface area (TPSA) is 32.8 Å². The molecule has 1 amide bonds. The van der Waals surface area contributed by atoms with Crippen molar-refractivity contribution in [2.45, 2.75) is 13.3 Å². The number of methoxy groups -OCH3 is 1. The lowest BCUT2D eigenvalue weighted by Gasteiger charge is -2.34. The van der Waals surface area contributed by atoms with Gasteiger partial charge in [-0.25, -0.2) is 0 Å². The van der Waals surface area contributed by atoms with Gasteiger partial charge >= 0.3 is 0 Å². The van der Waals surface area contributed by atoms with Gasteiger partial charge in [0.25, 0.3) is 5.91 Å². The maximum absolute atomic E-state index is 12.4. The molecule has 0 atom stereocenters. The van der Waals surface area contributed by atoms with Gasteiger partial charge in [0.15, 0.2) is 0 Å². The van der Waals surface area contributed by atoms with Crippen LogP contribution in [0.1, 0.15) is 22.8 Å². The van der Waals surface area contributed by atoms with E-state index in [9.17, 15) is 4.79 Å². The van der Waals surface area contributed by atoms with Gasteiger partial charge < -0.3 is 9.64 Å². The molecule has 1 aliphatic heterocycles. The first-order valence-electron chi connectivity index (χ1n) is 7.34. The van der Waals surface area contributed by atoms with Gasteiger partial charge in [-0.15, -0.1) is 0 Å². The standard InChI is InChI=1S/C16H24N2O2/c1-3-14-4-6-15(7-5-14)16(19)18-10-8-17(9-11-18)12-13-20-2/h4-7H,3,8-13H2,1-2H3. The Bertz CT molecular complexity index is 423. The van der Waals surface area contributed by atoms with Crippen molar-refractivity contribution in [1.82, 2.24) is 9.80 Å². The fraction of sp³-hybridized carbons (Fsp3) is 0.562. The first kappa shape index (κ1) is 15.0. The summed E-state index contributed by atoms with van der Waals surface area (Å²) in [6.45, 7) is 7.30. The van der Waals surface area contributed by atoms with E-state index in [-0.39, 0.29) is 5.91 Å². The van der Waals surface area contributed by atoms with Crippen molar-refractivity contribution in [2.75, 3.05) is 46.4 Å². The molecule has 1 aliphatic rings. The zero-order chi connectivity index (χ0) is 14.4. The molecule has 2 rings (SSSR count). The van der Waals surface area contributed by atoms with Crippen LogP contribution in [-0.4, -0.2) is 62.1 Å². The number of carbonyl (C=O) groups excluding carboxylic acids is 1. The average Bonchev–Trinajstić information content (AvgIpc) is 2.53. The quantitative estimate of drug-likeness (QED) is 0.820. The van der Waals surface area contributed by atoms with Gasteiger partial charge in [0, 0.05) is 45.4 Å². The molecule has 1 fully saturated rings. The molecular formula is C16H24N2O2. The summed E-state index contributed by atoms with van der Waals surface area (Å²) < 4.78 is 5.09. The largest absolute Gasteiger partial charge is 0.383 e. The lowest BCUT2D eigenvalue weighted by atomic mass is 10.1. The van der Waals surface area contributed by atoms with Gasteiger partial charge in [-0.2, -0.15) is 0 Å². The van der Waals surface area contributed by atoms with Crippen LogP contribution in [0.15, 0.2) is 24.3 Å². The van der Waals surface area contributed by atoms with E-state index in [0.717, 1.165) is 51.3 Å². The van der Waals surface area contributed by atoms with Crippen LogP contribution in [0.2, 0.25) is 0 Å². The van der Waals surface area contributed by atoms with Crippen molar-refractivity contribution in [1.29, 1.82) is 0 Å². The predicted octanol–water partition coefficient (Wildman–Crippen LogP) is 1.65. The molecule has 4 heteroatoms. The van der Waals surface area contributed by atoms with Crippen LogP contribution in [0, 0.1) is 0 Å². The molecular weight excluding hydrogens is 252 g/mol. The second-order valence-corrected chi connectivity index (χ2v) is 5.18. The van der Waals surface area contributed by atoms with Crippen LogP contribution in [0.4, 0.5) is 0 Å². The first-order chi connectivity index (χ1) is 9.74. The number of piperazine rings is 1. The van der Waals surface area contributed by atoms with Crippen molar-refractivity contribution >= 4 is 5.91 Å². The molecule has 0 N–H and O–H groups in total. The van der Waals surface area contributed by atoms with E-state index in [1.165, 1.54) is 5.56 Å². The van der Waals surface area contributed by atoms with E-state index < -0.39 is 0 Å². The summed E-state index contributed by atoms with van der Waals surface area (Å²) in [6, 6.07) is 7.97. The number of amides is 1. The molecule has 0 aromatic heterocycles. The number of ether oxygens (including phenoxy) is 1. The summed E-state index contributed by atoms with van der Waals surface area (Å²) in [5.41, 5.74) is 2.07. The first-order valence-corrected chi connectivity index (χ1v) is 7.34. The minimum Gasteiger partial charge on any atom is -0.383 e. The van der Waals surface area contributed by atoms with Crippen LogP contribution in [0.3, 0.4) is 0 Å². The van der Waals surface area contributed by atoms with Crippen molar-refractivity contribution in [3.8, 4) is 0 Å². The molecule has 0 bridgehead atoms. The van der Waals surface area contributed by atoms with E-state index in [1.54, 1.807) is 7.11 Å². The molecule has 1 heterocycles. The highest BCUT2D eigenvalue weighted by molar-refractivity contribution is 5.94. The Morgan fingerprint density at radius 2 is 1.80 bits per heavy atom. The van der Waals surface area contributed by atoms with Gasteiger partial charge in [0.1, 0.15) is 0 Å². The minimum atomic E-state index is 0.152. The average molecular weight is 276 g/mol. The van der Waals surface area contributed by atoms with E-state index in [1.807, 2.05) is 29.2 Å². The van der Waals surface area contributed by atoms with E-state index >= 15 is 0 Å². The van der Waals surface area contributed by atoms with Crippen molar-refractivity contribution in [3.05, 3.63) is 35.4 Å². The van der Waals surface area contributed by atoms with Gasteiger partial charge in [0.2, 0.25) is 0 Å². The van der Waals surface area contributed by atoms with Crippen LogP contribution in [0.25, 0.3) is 0 Å². The predicted molar refractivity (Wildman–Crippen MR) is 80.0 cm³/mol. The third-order valence-corrected chi connectivity index (χ3v) is 3.88. The number of nitrogens with zero attached hydrogens (tertiary/aromatic N) is 2. The Morgan fingerprint density at radius 1 is 1.15 bits per heavy atom. The zero-order valence-electron chi connectivity index (χ0n) is 12.5. The van der Waals surface area contributed by atoms with Crippen molar-refractivity contribution in [2.24, 2.45) is 0 Å². The van der Waals surface area contributed by atoms with E-state index in [2.05, 4.69) is 11.8 Å². The van der Waals surface area contributed by atoms with Crippen LogP contribution < -0.4 is 0 Å². The van der Waals surface area contributed by atoms with Gasteiger partial charge in [-0.1, -0.05) is 19.1 Å². The molecule has 0 spiro atoms. The second-order valence-electron chi connectivity index (χ2n) is 5.18. The molecule has 0 aliphatic carbocycles. The van der Waals surface area contributed by atoms with Gasteiger partial charge in [0.05, 0.1) is 6.61 Å². The van der Waals surface area contributed by atoms with Gasteiger partial charge in [-0.05, 0) is 24.1 Å². The SMILES string of the molecule is CCc1ccc(C(=O)N2CCN(CCOC)CC2)cc1.